The lowest BCUT2D eigenvalue weighted by Crippen LogP contribution is -2.61. The molecule has 1 spiro atoms. The van der Waals surface area contributed by atoms with E-state index in [0.717, 1.165) is 25.7 Å². The number of ether oxygens (including phenoxy) is 2. The zero-order chi connectivity index (χ0) is 20.9. The molecule has 3 unspecified atom stereocenters. The molecule has 2 fully saturated rings. The fraction of sp³-hybridized carbons (Fsp3) is 0.619. The summed E-state index contributed by atoms with van der Waals surface area (Å²) in [6, 6.07) is 10.3. The number of aliphatic hydroxyl groups is 1. The number of hydrogen-bond donors (Lipinski definition) is 2. The predicted molar refractivity (Wildman–Crippen MR) is 113 cm³/mol. The largest absolute Gasteiger partial charge is 0.445 e. The number of halogens is 2. The summed E-state index contributed by atoms with van der Waals surface area (Å²) in [6.07, 6.45) is 4.21. The third-order valence-corrected chi connectivity index (χ3v) is 7.47. The lowest BCUT2D eigenvalue weighted by atomic mass is 9.71. The number of unbranched alkanes of at least 4 members (excludes halogenated alkanes) is 2. The summed E-state index contributed by atoms with van der Waals surface area (Å²) in [6.45, 7) is 0.513. The van der Waals surface area contributed by atoms with Gasteiger partial charge in [0.15, 0.2) is 0 Å². The van der Waals surface area contributed by atoms with Crippen molar-refractivity contribution >= 4 is 39.5 Å². The van der Waals surface area contributed by atoms with Gasteiger partial charge in [0.25, 0.3) is 0 Å². The number of nitrogens with one attached hydrogen (secondary N) is 1. The Bertz CT molecular complexity index is 714. The topological polar surface area (TPSA) is 88.2 Å². The van der Waals surface area contributed by atoms with E-state index in [1.165, 1.54) is 5.56 Å². The molecule has 160 valence electrons. The van der Waals surface area contributed by atoms with Crippen LogP contribution >= 0.6 is 27.5 Å². The smallest absolute Gasteiger partial charge is 0.414 e. The Morgan fingerprint density at radius 3 is 2.66 bits per heavy atom. The molecule has 1 aliphatic heterocycles. The molecule has 2 aliphatic rings. The number of hydrogen-bond acceptors (Lipinski definition) is 5. The molecule has 2 amide bonds. The summed E-state index contributed by atoms with van der Waals surface area (Å²) < 4.78 is 11.1. The van der Waals surface area contributed by atoms with Crippen molar-refractivity contribution < 1.29 is 24.2 Å². The van der Waals surface area contributed by atoms with Gasteiger partial charge in [-0.05, 0) is 37.7 Å². The molecule has 0 bridgehead atoms. The van der Waals surface area contributed by atoms with Crippen LogP contribution in [0, 0.1) is 0 Å². The van der Waals surface area contributed by atoms with Gasteiger partial charge in [0.1, 0.15) is 23.2 Å². The van der Waals surface area contributed by atoms with Crippen LogP contribution in [0.3, 0.4) is 0 Å². The Hall–Kier alpha value is -1.15. The maximum atomic E-state index is 11.9. The molecule has 0 radical (unpaired) electrons. The Morgan fingerprint density at radius 2 is 2.00 bits per heavy atom. The molecule has 1 aromatic rings. The average Bonchev–Trinajstić information content (AvgIpc) is 3.51. The standard InChI is InChI=1S/C21H27BrClNO5/c22-18-16(29-19(26)24-17(25)13-23)10-12-20(14-28-20)21(18,27)11-6-2-5-9-15-7-3-1-4-8-15/h1,3-4,7-8,16,18,27H,2,5-6,9-14H2,(H,24,25,26)/t16-,18?,20?,21?/m1/s1. The van der Waals surface area contributed by atoms with Gasteiger partial charge in [-0.2, -0.15) is 0 Å². The van der Waals surface area contributed by atoms with Crippen LogP contribution in [0.25, 0.3) is 0 Å². The molecule has 2 N–H and O–H groups in total. The highest BCUT2D eigenvalue weighted by Crippen LogP contribution is 2.53. The van der Waals surface area contributed by atoms with Gasteiger partial charge in [-0.15, -0.1) is 11.6 Å². The van der Waals surface area contributed by atoms with Crippen LogP contribution in [-0.4, -0.2) is 51.7 Å². The van der Waals surface area contributed by atoms with E-state index in [2.05, 4.69) is 33.4 Å². The fourth-order valence-corrected chi connectivity index (χ4v) is 5.21. The van der Waals surface area contributed by atoms with Crippen molar-refractivity contribution in [1.82, 2.24) is 5.32 Å². The Balaban J connectivity index is 1.52. The molecule has 8 heteroatoms. The van der Waals surface area contributed by atoms with Crippen molar-refractivity contribution in [2.45, 2.75) is 67.1 Å². The van der Waals surface area contributed by atoms with Gasteiger partial charge in [0.05, 0.1) is 11.4 Å². The summed E-state index contributed by atoms with van der Waals surface area (Å²) >= 11 is 8.96. The monoisotopic (exact) mass is 487 g/mol. The number of imide groups is 1. The van der Waals surface area contributed by atoms with Crippen LogP contribution in [-0.2, 0) is 20.7 Å². The molecule has 1 aliphatic carbocycles. The van der Waals surface area contributed by atoms with Gasteiger partial charge in [-0.25, -0.2) is 4.79 Å². The van der Waals surface area contributed by atoms with Gasteiger partial charge in [0.2, 0.25) is 5.91 Å². The van der Waals surface area contributed by atoms with Crippen LogP contribution in [0.15, 0.2) is 30.3 Å². The summed E-state index contributed by atoms with van der Waals surface area (Å²) in [7, 11) is 0. The SMILES string of the molecule is O=C(CCl)NC(=O)O[C@@H]1CCC2(CO2)C(O)(CCCCCc2ccccc2)C1Br. The number of alkyl carbamates (subject to hydrolysis) is 1. The molecule has 1 aromatic carbocycles. The second kappa shape index (κ2) is 9.77. The van der Waals surface area contributed by atoms with Crippen LogP contribution in [0.5, 0.6) is 0 Å². The third-order valence-electron chi connectivity index (χ3n) is 5.88. The number of amides is 2. The van der Waals surface area contributed by atoms with Crippen LogP contribution < -0.4 is 5.32 Å². The van der Waals surface area contributed by atoms with Gasteiger partial charge < -0.3 is 14.6 Å². The molecule has 1 saturated heterocycles. The zero-order valence-corrected chi connectivity index (χ0v) is 18.6. The van der Waals surface area contributed by atoms with E-state index >= 15 is 0 Å². The molecule has 29 heavy (non-hydrogen) atoms. The summed E-state index contributed by atoms with van der Waals surface area (Å²) in [5, 5.41) is 13.6. The van der Waals surface area contributed by atoms with E-state index in [4.69, 9.17) is 21.1 Å². The van der Waals surface area contributed by atoms with E-state index in [1.807, 2.05) is 18.2 Å². The molecular formula is C21H27BrClNO5. The minimum absolute atomic E-state index is 0.318. The molecule has 4 atom stereocenters. The lowest BCUT2D eigenvalue weighted by Gasteiger charge is -2.45. The number of aryl methyl sites for hydroxylation is 1. The zero-order valence-electron chi connectivity index (χ0n) is 16.2. The highest BCUT2D eigenvalue weighted by Gasteiger charge is 2.67. The molecular weight excluding hydrogens is 462 g/mol. The predicted octanol–water partition coefficient (Wildman–Crippen LogP) is 3.71. The molecule has 1 saturated carbocycles. The number of rotatable bonds is 8. The lowest BCUT2D eigenvalue weighted by molar-refractivity contribution is -0.119. The van der Waals surface area contributed by atoms with Gasteiger partial charge in [-0.1, -0.05) is 59.1 Å². The first-order valence-corrected chi connectivity index (χ1v) is 11.5. The number of carbonyl (C=O) groups is 2. The minimum Gasteiger partial charge on any atom is -0.445 e. The summed E-state index contributed by atoms with van der Waals surface area (Å²) in [4.78, 5) is 22.7. The van der Waals surface area contributed by atoms with Gasteiger partial charge in [0, 0.05) is 0 Å². The quantitative estimate of drug-likeness (QED) is 0.331. The average molecular weight is 489 g/mol. The second-order valence-electron chi connectivity index (χ2n) is 7.82. The number of benzene rings is 1. The molecule has 1 heterocycles. The first-order chi connectivity index (χ1) is 13.9. The van der Waals surface area contributed by atoms with Gasteiger partial charge in [-0.3, -0.25) is 10.1 Å². The second-order valence-corrected chi connectivity index (χ2v) is 9.07. The highest BCUT2D eigenvalue weighted by atomic mass is 79.9. The van der Waals surface area contributed by atoms with E-state index < -0.39 is 34.1 Å². The van der Waals surface area contributed by atoms with E-state index in [1.54, 1.807) is 0 Å². The Kier molecular flexibility index (Phi) is 7.59. The third kappa shape index (κ3) is 5.32. The number of epoxide rings is 1. The van der Waals surface area contributed by atoms with Crippen LogP contribution in [0.2, 0.25) is 0 Å². The Morgan fingerprint density at radius 1 is 1.28 bits per heavy atom. The highest BCUT2D eigenvalue weighted by molar-refractivity contribution is 9.09. The normalized spacial score (nSPS) is 30.7. The maximum Gasteiger partial charge on any atom is 0.414 e. The van der Waals surface area contributed by atoms with Crippen molar-refractivity contribution in [2.24, 2.45) is 0 Å². The van der Waals surface area contributed by atoms with Crippen molar-refractivity contribution in [2.75, 3.05) is 12.5 Å². The Labute approximate surface area is 184 Å². The van der Waals surface area contributed by atoms with Crippen LogP contribution in [0.4, 0.5) is 4.79 Å². The van der Waals surface area contributed by atoms with E-state index in [0.29, 0.717) is 25.9 Å². The molecule has 3 rings (SSSR count). The minimum atomic E-state index is -1.13. The van der Waals surface area contributed by atoms with Crippen molar-refractivity contribution in [1.29, 1.82) is 0 Å². The number of carbonyl (C=O) groups excluding carboxylic acids is 2. The van der Waals surface area contributed by atoms with E-state index in [-0.39, 0.29) is 5.88 Å². The summed E-state index contributed by atoms with van der Waals surface area (Å²) in [5.74, 6) is -0.934. The van der Waals surface area contributed by atoms with E-state index in [9.17, 15) is 14.7 Å². The first-order valence-electron chi connectivity index (χ1n) is 10.0. The van der Waals surface area contributed by atoms with Crippen molar-refractivity contribution in [3.05, 3.63) is 35.9 Å². The fourth-order valence-electron chi connectivity index (χ4n) is 4.12. The first kappa shape index (κ1) is 22.5. The van der Waals surface area contributed by atoms with Crippen molar-refractivity contribution in [3.8, 4) is 0 Å². The maximum absolute atomic E-state index is 11.9. The van der Waals surface area contributed by atoms with Crippen LogP contribution in [0.1, 0.15) is 44.1 Å². The summed E-state index contributed by atoms with van der Waals surface area (Å²) in [5.41, 5.74) is -0.377. The molecule has 0 aromatic heterocycles. The number of alkyl halides is 2. The molecule has 6 nitrogen and oxygen atoms in total. The van der Waals surface area contributed by atoms with Gasteiger partial charge >= 0.3 is 6.09 Å². The van der Waals surface area contributed by atoms with Crippen molar-refractivity contribution in [3.63, 3.8) is 0 Å².